The normalized spacial score (nSPS) is 12.3. The maximum atomic E-state index is 12.8. The van der Waals surface area contributed by atoms with Gasteiger partial charge in [0.25, 0.3) is 0 Å². The summed E-state index contributed by atoms with van der Waals surface area (Å²) in [5, 5.41) is 3.98. The summed E-state index contributed by atoms with van der Waals surface area (Å²) >= 11 is 0. The van der Waals surface area contributed by atoms with E-state index < -0.39 is 11.9 Å². The number of nitrogens with zero attached hydrogens (tertiary/aromatic N) is 2. The van der Waals surface area contributed by atoms with Crippen LogP contribution in [0.4, 0.5) is 13.2 Å². The summed E-state index contributed by atoms with van der Waals surface area (Å²) in [5.74, 6) is 0. The summed E-state index contributed by atoms with van der Waals surface area (Å²) in [5.41, 5.74) is 5.81. The molecular formula is C11H12F3N3. The van der Waals surface area contributed by atoms with Crippen LogP contribution in [0.25, 0.3) is 10.9 Å². The van der Waals surface area contributed by atoms with Crippen molar-refractivity contribution in [2.75, 3.05) is 6.54 Å². The van der Waals surface area contributed by atoms with Gasteiger partial charge < -0.3 is 5.73 Å². The predicted molar refractivity (Wildman–Crippen MR) is 58.5 cm³/mol. The van der Waals surface area contributed by atoms with Crippen LogP contribution in [0.1, 0.15) is 11.3 Å². The van der Waals surface area contributed by atoms with Gasteiger partial charge in [-0.25, -0.2) is 0 Å². The van der Waals surface area contributed by atoms with Gasteiger partial charge in [0.1, 0.15) is 5.69 Å². The van der Waals surface area contributed by atoms with Gasteiger partial charge in [0.2, 0.25) is 0 Å². The van der Waals surface area contributed by atoms with Crippen molar-refractivity contribution in [3.05, 3.63) is 29.5 Å². The molecule has 92 valence electrons. The number of alkyl halides is 3. The van der Waals surface area contributed by atoms with Crippen molar-refractivity contribution in [3.63, 3.8) is 0 Å². The summed E-state index contributed by atoms with van der Waals surface area (Å²) in [6.45, 7) is 0.410. The molecule has 0 unspecified atom stereocenters. The molecule has 0 aliphatic heterocycles. The number of aryl methyl sites for hydroxylation is 1. The molecule has 1 aromatic heterocycles. The molecule has 2 N–H and O–H groups in total. The fourth-order valence-corrected chi connectivity index (χ4v) is 1.90. The van der Waals surface area contributed by atoms with Crippen LogP contribution in [0, 0.1) is 0 Å². The highest BCUT2D eigenvalue weighted by Crippen LogP contribution is 2.34. The lowest BCUT2D eigenvalue weighted by atomic mass is 10.1. The first-order valence-electron chi connectivity index (χ1n) is 5.16. The van der Waals surface area contributed by atoms with Gasteiger partial charge in [-0.05, 0) is 30.7 Å². The third kappa shape index (κ3) is 2.12. The van der Waals surface area contributed by atoms with Gasteiger partial charge in [0.15, 0.2) is 0 Å². The molecule has 1 heterocycles. The molecule has 0 fully saturated rings. The second-order valence-corrected chi connectivity index (χ2v) is 3.86. The third-order valence-electron chi connectivity index (χ3n) is 2.60. The van der Waals surface area contributed by atoms with Gasteiger partial charge in [-0.1, -0.05) is 6.07 Å². The predicted octanol–water partition coefficient (Wildman–Crippen LogP) is 2.09. The first kappa shape index (κ1) is 11.9. The van der Waals surface area contributed by atoms with Crippen LogP contribution in [-0.2, 0) is 19.6 Å². The summed E-state index contributed by atoms with van der Waals surface area (Å²) < 4.78 is 39.4. The zero-order valence-corrected chi connectivity index (χ0v) is 9.25. The Hall–Kier alpha value is -1.56. The first-order valence-corrected chi connectivity index (χ1v) is 5.16. The highest BCUT2D eigenvalue weighted by molar-refractivity contribution is 5.82. The van der Waals surface area contributed by atoms with Crippen LogP contribution in [0.3, 0.4) is 0 Å². The van der Waals surface area contributed by atoms with Crippen LogP contribution >= 0.6 is 0 Å². The molecule has 0 spiro atoms. The SMILES string of the molecule is Cn1nc2ccc(CCN)cc2c1C(F)(F)F. The van der Waals surface area contributed by atoms with Crippen molar-refractivity contribution >= 4 is 10.9 Å². The van der Waals surface area contributed by atoms with Crippen LogP contribution < -0.4 is 5.73 Å². The Kier molecular flexibility index (Phi) is 2.82. The lowest BCUT2D eigenvalue weighted by Gasteiger charge is -2.07. The number of hydrogen-bond donors (Lipinski definition) is 1. The number of hydrogen-bond acceptors (Lipinski definition) is 2. The van der Waals surface area contributed by atoms with E-state index in [2.05, 4.69) is 5.10 Å². The van der Waals surface area contributed by atoms with E-state index in [-0.39, 0.29) is 5.39 Å². The van der Waals surface area contributed by atoms with Crippen molar-refractivity contribution < 1.29 is 13.2 Å². The molecule has 0 aliphatic carbocycles. The molecule has 1 aromatic carbocycles. The number of benzene rings is 1. The van der Waals surface area contributed by atoms with E-state index in [1.54, 1.807) is 12.1 Å². The van der Waals surface area contributed by atoms with Gasteiger partial charge in [0.05, 0.1) is 5.52 Å². The van der Waals surface area contributed by atoms with Gasteiger partial charge in [0, 0.05) is 12.4 Å². The Morgan fingerprint density at radius 1 is 1.35 bits per heavy atom. The van der Waals surface area contributed by atoms with Gasteiger partial charge in [-0.2, -0.15) is 18.3 Å². The maximum Gasteiger partial charge on any atom is 0.433 e. The van der Waals surface area contributed by atoms with Gasteiger partial charge in [-0.3, -0.25) is 4.68 Å². The zero-order valence-electron chi connectivity index (χ0n) is 9.25. The highest BCUT2D eigenvalue weighted by Gasteiger charge is 2.36. The number of aromatic nitrogens is 2. The highest BCUT2D eigenvalue weighted by atomic mass is 19.4. The van der Waals surface area contributed by atoms with Crippen molar-refractivity contribution in [1.82, 2.24) is 9.78 Å². The second kappa shape index (κ2) is 4.03. The van der Waals surface area contributed by atoms with Crippen LogP contribution in [0.5, 0.6) is 0 Å². The summed E-state index contributed by atoms with van der Waals surface area (Å²) in [6, 6.07) is 4.86. The van der Waals surface area contributed by atoms with Crippen molar-refractivity contribution in [1.29, 1.82) is 0 Å². The minimum atomic E-state index is -4.40. The standard InChI is InChI=1S/C11H12F3N3/c1-17-10(11(12,13)14)8-6-7(4-5-15)2-3-9(8)16-17/h2-3,6H,4-5,15H2,1H3. The minimum Gasteiger partial charge on any atom is -0.330 e. The lowest BCUT2D eigenvalue weighted by Crippen LogP contribution is -2.12. The molecule has 0 atom stereocenters. The minimum absolute atomic E-state index is 0.131. The van der Waals surface area contributed by atoms with Gasteiger partial charge in [-0.15, -0.1) is 0 Å². The molecule has 2 aromatic rings. The molecular weight excluding hydrogens is 231 g/mol. The Balaban J connectivity index is 2.65. The molecule has 0 radical (unpaired) electrons. The number of fused-ring (bicyclic) bond motifs is 1. The van der Waals surface area contributed by atoms with Crippen molar-refractivity contribution in [2.24, 2.45) is 12.8 Å². The summed E-state index contributed by atoms with van der Waals surface area (Å²) in [7, 11) is 1.30. The van der Waals surface area contributed by atoms with E-state index in [4.69, 9.17) is 5.73 Å². The quantitative estimate of drug-likeness (QED) is 0.877. The zero-order chi connectivity index (χ0) is 12.6. The molecule has 3 nitrogen and oxygen atoms in total. The third-order valence-corrected chi connectivity index (χ3v) is 2.60. The van der Waals surface area contributed by atoms with E-state index >= 15 is 0 Å². The molecule has 0 bridgehead atoms. The van der Waals surface area contributed by atoms with Crippen molar-refractivity contribution in [3.8, 4) is 0 Å². The van der Waals surface area contributed by atoms with Crippen molar-refractivity contribution in [2.45, 2.75) is 12.6 Å². The maximum absolute atomic E-state index is 12.8. The first-order chi connectivity index (χ1) is 7.93. The molecule has 17 heavy (non-hydrogen) atoms. The number of halogens is 3. The largest absolute Gasteiger partial charge is 0.433 e. The summed E-state index contributed by atoms with van der Waals surface area (Å²) in [4.78, 5) is 0. The Bertz CT molecular complexity index is 543. The van der Waals surface area contributed by atoms with Crippen LogP contribution in [-0.4, -0.2) is 16.3 Å². The monoisotopic (exact) mass is 243 g/mol. The Morgan fingerprint density at radius 3 is 2.65 bits per heavy atom. The molecule has 0 amide bonds. The average Bonchev–Trinajstić information content (AvgIpc) is 2.53. The van der Waals surface area contributed by atoms with E-state index in [1.165, 1.54) is 13.1 Å². The topological polar surface area (TPSA) is 43.8 Å². The smallest absolute Gasteiger partial charge is 0.330 e. The molecule has 2 rings (SSSR count). The number of nitrogens with two attached hydrogens (primary N) is 1. The molecule has 0 saturated heterocycles. The Labute approximate surface area is 96.0 Å². The Morgan fingerprint density at radius 2 is 2.06 bits per heavy atom. The number of rotatable bonds is 2. The fourth-order valence-electron chi connectivity index (χ4n) is 1.90. The lowest BCUT2D eigenvalue weighted by molar-refractivity contribution is -0.142. The molecule has 0 saturated carbocycles. The van der Waals surface area contributed by atoms with E-state index in [0.717, 1.165) is 10.2 Å². The van der Waals surface area contributed by atoms with E-state index in [9.17, 15) is 13.2 Å². The van der Waals surface area contributed by atoms with Crippen LogP contribution in [0.2, 0.25) is 0 Å². The van der Waals surface area contributed by atoms with E-state index in [1.807, 2.05) is 0 Å². The summed E-state index contributed by atoms with van der Waals surface area (Å²) in [6.07, 6.45) is -3.84. The second-order valence-electron chi connectivity index (χ2n) is 3.86. The van der Waals surface area contributed by atoms with Crippen LogP contribution in [0.15, 0.2) is 18.2 Å². The fraction of sp³-hybridized carbons (Fsp3) is 0.364. The molecule has 0 aliphatic rings. The van der Waals surface area contributed by atoms with Gasteiger partial charge >= 0.3 is 6.18 Å². The molecule has 6 heteroatoms. The average molecular weight is 243 g/mol. The van der Waals surface area contributed by atoms with E-state index in [0.29, 0.717) is 18.5 Å².